The van der Waals surface area contributed by atoms with Crippen LogP contribution in [0.5, 0.6) is 0 Å². The summed E-state index contributed by atoms with van der Waals surface area (Å²) in [5, 5.41) is 13.8. The Bertz CT molecular complexity index is 412. The fourth-order valence-electron chi connectivity index (χ4n) is 2.35. The van der Waals surface area contributed by atoms with Crippen LogP contribution in [0.15, 0.2) is 16.6 Å². The monoisotopic (exact) mass is 335 g/mol. The molecule has 100 valence electrons. The summed E-state index contributed by atoms with van der Waals surface area (Å²) in [5.74, 6) is -0.381. The van der Waals surface area contributed by atoms with Crippen LogP contribution in [0, 0.1) is 5.82 Å². The van der Waals surface area contributed by atoms with Crippen LogP contribution in [0.3, 0.4) is 0 Å². The maximum Gasteiger partial charge on any atom is 0.125 e. The van der Waals surface area contributed by atoms with Crippen LogP contribution in [-0.2, 0) is 0 Å². The number of halogens is 3. The summed E-state index contributed by atoms with van der Waals surface area (Å²) in [4.78, 5) is 0. The first-order valence-corrected chi connectivity index (χ1v) is 7.28. The van der Waals surface area contributed by atoms with Gasteiger partial charge in [0.2, 0.25) is 0 Å². The minimum absolute atomic E-state index is 0.321. The molecular formula is C13H16BrClFNO. The third kappa shape index (κ3) is 3.37. The molecule has 0 aliphatic heterocycles. The smallest absolute Gasteiger partial charge is 0.125 e. The van der Waals surface area contributed by atoms with Gasteiger partial charge >= 0.3 is 0 Å². The molecule has 0 atom stereocenters. The second-order valence-corrected chi connectivity index (χ2v) is 6.14. The molecule has 1 aliphatic rings. The van der Waals surface area contributed by atoms with Gasteiger partial charge in [-0.05, 0) is 40.9 Å². The fourth-order valence-corrected chi connectivity index (χ4v) is 3.31. The van der Waals surface area contributed by atoms with E-state index in [1.54, 1.807) is 0 Å². The molecule has 2 rings (SSSR count). The Balaban J connectivity index is 2.06. The lowest BCUT2D eigenvalue weighted by Crippen LogP contribution is -2.38. The minimum Gasteiger partial charge on any atom is -0.388 e. The molecule has 0 amide bonds. The Morgan fingerprint density at radius 2 is 2.00 bits per heavy atom. The van der Waals surface area contributed by atoms with Crippen LogP contribution in [0.4, 0.5) is 10.1 Å². The standard InChI is InChI=1S/C13H16BrClFNO/c14-10-6-9(16)7-11(15)12(10)17-8-13(18)4-2-1-3-5-13/h6-7,17-18H,1-5,8H2. The lowest BCUT2D eigenvalue weighted by molar-refractivity contribution is 0.0167. The molecule has 1 aromatic rings. The maximum absolute atomic E-state index is 13.1. The quantitative estimate of drug-likeness (QED) is 0.860. The Labute approximate surface area is 120 Å². The van der Waals surface area contributed by atoms with Crippen molar-refractivity contribution in [3.63, 3.8) is 0 Å². The highest BCUT2D eigenvalue weighted by atomic mass is 79.9. The van der Waals surface area contributed by atoms with E-state index in [-0.39, 0.29) is 5.82 Å². The first-order chi connectivity index (χ1) is 8.50. The van der Waals surface area contributed by atoms with Crippen molar-refractivity contribution in [3.8, 4) is 0 Å². The summed E-state index contributed by atoms with van der Waals surface area (Å²) < 4.78 is 13.7. The van der Waals surface area contributed by atoms with Crippen LogP contribution >= 0.6 is 27.5 Å². The van der Waals surface area contributed by atoms with E-state index in [0.717, 1.165) is 25.7 Å². The average molecular weight is 337 g/mol. The van der Waals surface area contributed by atoms with E-state index < -0.39 is 5.60 Å². The third-order valence-corrected chi connectivity index (χ3v) is 4.31. The van der Waals surface area contributed by atoms with Gasteiger partial charge < -0.3 is 10.4 Å². The highest BCUT2D eigenvalue weighted by Gasteiger charge is 2.29. The zero-order valence-electron chi connectivity index (χ0n) is 9.98. The van der Waals surface area contributed by atoms with E-state index in [2.05, 4.69) is 21.2 Å². The molecule has 0 unspecified atom stereocenters. The van der Waals surface area contributed by atoms with Gasteiger partial charge in [-0.3, -0.25) is 0 Å². The van der Waals surface area contributed by atoms with Crippen LogP contribution < -0.4 is 5.32 Å². The molecule has 5 heteroatoms. The minimum atomic E-state index is -0.671. The zero-order valence-corrected chi connectivity index (χ0v) is 12.3. The first kappa shape index (κ1) is 14.1. The lowest BCUT2D eigenvalue weighted by Gasteiger charge is -2.32. The highest BCUT2D eigenvalue weighted by Crippen LogP contribution is 2.34. The predicted molar refractivity (Wildman–Crippen MR) is 75.6 cm³/mol. The van der Waals surface area contributed by atoms with Gasteiger partial charge in [0.15, 0.2) is 0 Å². The summed E-state index contributed by atoms with van der Waals surface area (Å²) in [6.07, 6.45) is 4.89. The van der Waals surface area contributed by atoms with Crippen molar-refractivity contribution in [2.75, 3.05) is 11.9 Å². The number of benzene rings is 1. The molecule has 2 N–H and O–H groups in total. The van der Waals surface area contributed by atoms with Crippen LogP contribution in [0.25, 0.3) is 0 Å². The van der Waals surface area contributed by atoms with Gasteiger partial charge in [0.25, 0.3) is 0 Å². The summed E-state index contributed by atoms with van der Waals surface area (Å²) in [6, 6.07) is 2.62. The Morgan fingerprint density at radius 3 is 2.61 bits per heavy atom. The molecule has 0 aromatic heterocycles. The van der Waals surface area contributed by atoms with Gasteiger partial charge in [-0.25, -0.2) is 4.39 Å². The summed E-state index contributed by atoms with van der Waals surface area (Å²) in [7, 11) is 0. The number of aliphatic hydroxyl groups is 1. The second kappa shape index (κ2) is 5.76. The van der Waals surface area contributed by atoms with Gasteiger partial charge in [0.1, 0.15) is 5.82 Å². The Hall–Kier alpha value is -0.320. The molecule has 1 saturated carbocycles. The first-order valence-electron chi connectivity index (χ1n) is 6.11. The maximum atomic E-state index is 13.1. The van der Waals surface area contributed by atoms with E-state index in [4.69, 9.17) is 11.6 Å². The van der Waals surface area contributed by atoms with Gasteiger partial charge in [-0.15, -0.1) is 0 Å². The molecule has 0 spiro atoms. The molecule has 0 bridgehead atoms. The van der Waals surface area contributed by atoms with Crippen molar-refractivity contribution < 1.29 is 9.50 Å². The topological polar surface area (TPSA) is 32.3 Å². The van der Waals surface area contributed by atoms with E-state index in [1.807, 2.05) is 0 Å². The molecular weight excluding hydrogens is 321 g/mol. The van der Waals surface area contributed by atoms with Crippen molar-refractivity contribution in [3.05, 3.63) is 27.4 Å². The normalized spacial score (nSPS) is 18.7. The number of nitrogens with one attached hydrogen (secondary N) is 1. The number of hydrogen-bond acceptors (Lipinski definition) is 2. The van der Waals surface area contributed by atoms with E-state index in [1.165, 1.54) is 18.6 Å². The summed E-state index contributed by atoms with van der Waals surface area (Å²) >= 11 is 9.26. The number of anilines is 1. The average Bonchev–Trinajstić information content (AvgIpc) is 2.28. The van der Waals surface area contributed by atoms with Crippen LogP contribution in [-0.4, -0.2) is 17.3 Å². The second-order valence-electron chi connectivity index (χ2n) is 4.88. The Morgan fingerprint density at radius 1 is 1.33 bits per heavy atom. The summed E-state index contributed by atoms with van der Waals surface area (Å²) in [6.45, 7) is 0.441. The molecule has 1 aliphatic carbocycles. The zero-order chi connectivity index (χ0) is 13.2. The molecule has 1 aromatic carbocycles. The SMILES string of the molecule is OC1(CNc2c(Cl)cc(F)cc2Br)CCCCC1. The van der Waals surface area contributed by atoms with Gasteiger partial charge in [0.05, 0.1) is 16.3 Å². The van der Waals surface area contributed by atoms with E-state index in [0.29, 0.717) is 21.7 Å². The van der Waals surface area contributed by atoms with Gasteiger partial charge in [-0.1, -0.05) is 30.9 Å². The van der Waals surface area contributed by atoms with Crippen LogP contribution in [0.1, 0.15) is 32.1 Å². The highest BCUT2D eigenvalue weighted by molar-refractivity contribution is 9.10. The van der Waals surface area contributed by atoms with Crippen molar-refractivity contribution in [1.29, 1.82) is 0 Å². The summed E-state index contributed by atoms with van der Waals surface area (Å²) in [5.41, 5.74) is -0.0351. The molecule has 1 fully saturated rings. The van der Waals surface area contributed by atoms with E-state index >= 15 is 0 Å². The Kier molecular flexibility index (Phi) is 4.51. The molecule has 0 radical (unpaired) electrons. The third-order valence-electron chi connectivity index (χ3n) is 3.39. The fraction of sp³-hybridized carbons (Fsp3) is 0.538. The van der Waals surface area contributed by atoms with Gasteiger partial charge in [0, 0.05) is 11.0 Å². The lowest BCUT2D eigenvalue weighted by atomic mass is 9.85. The number of rotatable bonds is 3. The molecule has 0 heterocycles. The number of hydrogen-bond donors (Lipinski definition) is 2. The molecule has 0 saturated heterocycles. The van der Waals surface area contributed by atoms with Crippen LogP contribution in [0.2, 0.25) is 5.02 Å². The van der Waals surface area contributed by atoms with Gasteiger partial charge in [-0.2, -0.15) is 0 Å². The van der Waals surface area contributed by atoms with E-state index in [9.17, 15) is 9.50 Å². The van der Waals surface area contributed by atoms with Crippen molar-refractivity contribution in [1.82, 2.24) is 0 Å². The van der Waals surface area contributed by atoms with Crippen molar-refractivity contribution in [2.24, 2.45) is 0 Å². The largest absolute Gasteiger partial charge is 0.388 e. The van der Waals surface area contributed by atoms with Crippen molar-refractivity contribution in [2.45, 2.75) is 37.7 Å². The predicted octanol–water partition coefficient (Wildman–Crippen LogP) is 4.35. The van der Waals surface area contributed by atoms with Crippen molar-refractivity contribution >= 4 is 33.2 Å². The molecule has 18 heavy (non-hydrogen) atoms. The molecule has 2 nitrogen and oxygen atoms in total.